The van der Waals surface area contributed by atoms with Gasteiger partial charge in [0.25, 0.3) is 0 Å². The number of benzene rings is 2. The number of hydrogen-bond donors (Lipinski definition) is 2. The summed E-state index contributed by atoms with van der Waals surface area (Å²) in [5.74, 6) is 0.357. The van der Waals surface area contributed by atoms with Crippen molar-refractivity contribution in [1.29, 1.82) is 0 Å². The van der Waals surface area contributed by atoms with Gasteiger partial charge in [0, 0.05) is 23.3 Å². The number of ether oxygens (including phenoxy) is 3. The predicted molar refractivity (Wildman–Crippen MR) is 128 cm³/mol. The van der Waals surface area contributed by atoms with E-state index < -0.39 is 12.1 Å². The molecule has 1 unspecified atom stereocenters. The highest BCUT2D eigenvalue weighted by Gasteiger charge is 2.25. The Morgan fingerprint density at radius 3 is 2.47 bits per heavy atom. The fourth-order valence-electron chi connectivity index (χ4n) is 3.56. The minimum Gasteiger partial charge on any atom is -0.493 e. The largest absolute Gasteiger partial charge is 0.493 e. The number of hydrogen-bond acceptors (Lipinski definition) is 5. The van der Waals surface area contributed by atoms with Crippen molar-refractivity contribution in [3.05, 3.63) is 77.1 Å². The van der Waals surface area contributed by atoms with Crippen LogP contribution in [0.1, 0.15) is 30.2 Å². The van der Waals surface area contributed by atoms with Crippen LogP contribution in [0.5, 0.6) is 11.5 Å². The van der Waals surface area contributed by atoms with Gasteiger partial charge in [-0.3, -0.25) is 9.59 Å². The summed E-state index contributed by atoms with van der Waals surface area (Å²) < 4.78 is 17.9. The maximum atomic E-state index is 12.0. The van der Waals surface area contributed by atoms with Crippen LogP contribution in [-0.2, 0) is 20.9 Å². The van der Waals surface area contributed by atoms with Crippen molar-refractivity contribution in [2.24, 2.45) is 0 Å². The molecule has 180 valence electrons. The molecule has 1 atom stereocenters. The normalized spacial score (nSPS) is 13.9. The van der Waals surface area contributed by atoms with Crippen LogP contribution in [0.2, 0.25) is 5.02 Å². The number of carboxylic acid groups (broad SMARTS) is 1. The van der Waals surface area contributed by atoms with Gasteiger partial charge in [0.15, 0.2) is 11.5 Å². The van der Waals surface area contributed by atoms with Crippen molar-refractivity contribution in [3.8, 4) is 17.2 Å². The zero-order valence-electron chi connectivity index (χ0n) is 19.0. The summed E-state index contributed by atoms with van der Waals surface area (Å²) in [6.45, 7) is 0.461. The molecular weight excluding hydrogens is 460 g/mol. The van der Waals surface area contributed by atoms with E-state index in [-0.39, 0.29) is 25.3 Å². The quantitative estimate of drug-likeness (QED) is 0.514. The van der Waals surface area contributed by atoms with Crippen LogP contribution in [-0.4, -0.2) is 42.3 Å². The number of nitrogens with one attached hydrogen (secondary N) is 1. The average molecular weight is 487 g/mol. The number of para-hydroxylation sites is 2. The second kappa shape index (κ2) is 12.1. The third-order valence-electron chi connectivity index (χ3n) is 5.17. The molecule has 1 aromatic heterocycles. The van der Waals surface area contributed by atoms with Crippen LogP contribution in [0.4, 0.5) is 0 Å². The lowest BCUT2D eigenvalue weighted by atomic mass is 10.1. The third kappa shape index (κ3) is 6.52. The minimum atomic E-state index is -0.942. The van der Waals surface area contributed by atoms with Gasteiger partial charge in [0.1, 0.15) is 6.10 Å². The molecule has 0 radical (unpaired) electrons. The molecule has 0 saturated heterocycles. The van der Waals surface area contributed by atoms with E-state index in [0.717, 1.165) is 28.4 Å². The van der Waals surface area contributed by atoms with Crippen molar-refractivity contribution >= 4 is 23.5 Å². The Bertz CT molecular complexity index is 1110. The molecule has 0 fully saturated rings. The van der Waals surface area contributed by atoms with E-state index in [9.17, 15) is 9.59 Å². The number of halogens is 1. The molecule has 1 aliphatic rings. The molecule has 8 nitrogen and oxygen atoms in total. The van der Waals surface area contributed by atoms with Crippen molar-refractivity contribution in [2.45, 2.75) is 25.6 Å². The summed E-state index contributed by atoms with van der Waals surface area (Å²) in [6, 6.07) is 17.0. The fraction of sp³-hybridized carbons (Fsp3) is 0.280. The molecule has 0 spiro atoms. The monoisotopic (exact) mass is 486 g/mol. The lowest BCUT2D eigenvalue weighted by Crippen LogP contribution is -2.28. The Hall–Kier alpha value is -3.49. The van der Waals surface area contributed by atoms with E-state index >= 15 is 0 Å². The number of nitrogens with zero attached hydrogens (tertiary/aromatic N) is 1. The van der Waals surface area contributed by atoms with Crippen LogP contribution in [0.25, 0.3) is 5.69 Å². The maximum Gasteiger partial charge on any atom is 0.305 e. The first-order chi connectivity index (χ1) is 16.4. The van der Waals surface area contributed by atoms with Gasteiger partial charge in [-0.1, -0.05) is 23.7 Å². The van der Waals surface area contributed by atoms with Crippen LogP contribution in [0, 0.1) is 0 Å². The van der Waals surface area contributed by atoms with E-state index in [4.69, 9.17) is 30.9 Å². The molecular formula is C25H27ClN2O6. The Kier molecular flexibility index (Phi) is 8.95. The number of amides is 1. The number of fused-ring (bicyclic) bond motifs is 3. The SMILES string of the molecule is COc1ccccc1OC.O=C(O)CCNC(=O)CC1OCc2cc(Cl)ccc2-n2cccc21. The van der Waals surface area contributed by atoms with Gasteiger partial charge in [-0.05, 0) is 42.5 Å². The molecule has 1 aliphatic heterocycles. The van der Waals surface area contributed by atoms with E-state index in [1.165, 1.54) is 0 Å². The van der Waals surface area contributed by atoms with Gasteiger partial charge < -0.3 is 29.2 Å². The molecule has 34 heavy (non-hydrogen) atoms. The summed E-state index contributed by atoms with van der Waals surface area (Å²) in [5, 5.41) is 11.9. The fourth-order valence-corrected chi connectivity index (χ4v) is 3.75. The Morgan fingerprint density at radius 2 is 1.82 bits per heavy atom. The molecule has 2 heterocycles. The number of aromatic nitrogens is 1. The molecule has 3 aromatic rings. The smallest absolute Gasteiger partial charge is 0.305 e. The van der Waals surface area contributed by atoms with Gasteiger partial charge in [-0.15, -0.1) is 0 Å². The lowest BCUT2D eigenvalue weighted by Gasteiger charge is -2.16. The van der Waals surface area contributed by atoms with Gasteiger partial charge in [-0.25, -0.2) is 0 Å². The van der Waals surface area contributed by atoms with Gasteiger partial charge in [-0.2, -0.15) is 0 Å². The Balaban J connectivity index is 0.000000271. The first-order valence-electron chi connectivity index (χ1n) is 10.7. The predicted octanol–water partition coefficient (Wildman–Crippen LogP) is 4.39. The zero-order chi connectivity index (χ0) is 24.5. The highest BCUT2D eigenvalue weighted by Crippen LogP contribution is 2.33. The van der Waals surface area contributed by atoms with Gasteiger partial charge >= 0.3 is 5.97 Å². The van der Waals surface area contributed by atoms with Gasteiger partial charge in [0.2, 0.25) is 5.91 Å². The first-order valence-corrected chi connectivity index (χ1v) is 11.0. The molecule has 0 aliphatic carbocycles. The molecule has 2 N–H and O–H groups in total. The highest BCUT2D eigenvalue weighted by atomic mass is 35.5. The summed E-state index contributed by atoms with van der Waals surface area (Å²) in [5.41, 5.74) is 2.81. The summed E-state index contributed by atoms with van der Waals surface area (Å²) >= 11 is 6.06. The van der Waals surface area contributed by atoms with E-state index in [1.807, 2.05) is 65.4 Å². The van der Waals surface area contributed by atoms with Crippen LogP contribution in [0.15, 0.2) is 60.8 Å². The second-order valence-electron chi connectivity index (χ2n) is 7.43. The standard InChI is InChI=1S/C17H17ClN2O4.C8H10O2/c18-12-3-4-13-11(8-12)10-24-15(14-2-1-7-20(13)14)9-16(21)19-6-5-17(22)23;1-9-7-5-3-4-6-8(7)10-2/h1-4,7-8,15H,5-6,9-10H2,(H,19,21)(H,22,23);3-6H,1-2H3. The Morgan fingerprint density at radius 1 is 1.12 bits per heavy atom. The zero-order valence-corrected chi connectivity index (χ0v) is 19.7. The van der Waals surface area contributed by atoms with Crippen molar-refractivity contribution in [3.63, 3.8) is 0 Å². The minimum absolute atomic E-state index is 0.0996. The number of carbonyl (C=O) groups is 2. The van der Waals surface area contributed by atoms with Crippen LogP contribution in [0.3, 0.4) is 0 Å². The number of aliphatic carboxylic acids is 1. The summed E-state index contributed by atoms with van der Waals surface area (Å²) in [4.78, 5) is 22.6. The van der Waals surface area contributed by atoms with E-state index in [0.29, 0.717) is 11.6 Å². The molecule has 1 amide bonds. The number of carboxylic acids is 1. The molecule has 0 bridgehead atoms. The first kappa shape index (κ1) is 25.1. The lowest BCUT2D eigenvalue weighted by molar-refractivity contribution is -0.137. The third-order valence-corrected chi connectivity index (χ3v) is 5.41. The average Bonchev–Trinajstić information content (AvgIpc) is 3.26. The summed E-state index contributed by atoms with van der Waals surface area (Å²) in [7, 11) is 3.25. The van der Waals surface area contributed by atoms with Gasteiger partial charge in [0.05, 0.1) is 45.0 Å². The number of carbonyl (C=O) groups excluding carboxylic acids is 1. The van der Waals surface area contributed by atoms with Crippen molar-refractivity contribution < 1.29 is 28.9 Å². The molecule has 9 heteroatoms. The van der Waals surface area contributed by atoms with Crippen molar-refractivity contribution in [1.82, 2.24) is 9.88 Å². The topological polar surface area (TPSA) is 99.0 Å². The highest BCUT2D eigenvalue weighted by molar-refractivity contribution is 6.30. The van der Waals surface area contributed by atoms with E-state index in [1.54, 1.807) is 14.2 Å². The summed E-state index contributed by atoms with van der Waals surface area (Å²) in [6.07, 6.45) is 1.55. The van der Waals surface area contributed by atoms with Crippen molar-refractivity contribution in [2.75, 3.05) is 20.8 Å². The second-order valence-corrected chi connectivity index (χ2v) is 7.86. The maximum absolute atomic E-state index is 12.0. The van der Waals surface area contributed by atoms with Crippen LogP contribution >= 0.6 is 11.6 Å². The number of methoxy groups -OCH3 is 2. The Labute approximate surface area is 203 Å². The van der Waals surface area contributed by atoms with Crippen LogP contribution < -0.4 is 14.8 Å². The van der Waals surface area contributed by atoms with E-state index in [2.05, 4.69) is 5.32 Å². The molecule has 2 aromatic carbocycles. The molecule has 0 saturated carbocycles. The molecule has 4 rings (SSSR count). The number of rotatable bonds is 7.